The maximum atomic E-state index is 13.7. The Morgan fingerprint density at radius 3 is 1.05 bits per heavy atom. The van der Waals surface area contributed by atoms with Gasteiger partial charge in [0.05, 0.1) is 4.90 Å². The van der Waals surface area contributed by atoms with Gasteiger partial charge in [0, 0.05) is 0 Å². The molecule has 0 atom stereocenters. The van der Waals surface area contributed by atoms with Crippen LogP contribution in [-0.2, 0) is 10.1 Å². The van der Waals surface area contributed by atoms with E-state index in [1.807, 2.05) is 0 Å². The van der Waals surface area contributed by atoms with Gasteiger partial charge in [0.1, 0.15) is 15.9 Å². The molecule has 0 aliphatic rings. The second-order valence-electron chi connectivity index (χ2n) is 7.06. The number of hydrogen-bond acceptors (Lipinski definition) is 4. The molecule has 0 fully saturated rings. The quantitative estimate of drug-likeness (QED) is 0.218. The summed E-state index contributed by atoms with van der Waals surface area (Å²) in [5.41, 5.74) is 0. The van der Waals surface area contributed by atoms with Crippen LogP contribution < -0.4 is 34.3 Å². The molecule has 0 aliphatic heterocycles. The molecule has 0 aromatic heterocycles. The minimum atomic E-state index is -9.06. The van der Waals surface area contributed by atoms with Crippen LogP contribution in [0.2, 0.25) is 0 Å². The second kappa shape index (κ2) is 10.4. The van der Waals surface area contributed by atoms with E-state index >= 15 is 0 Å². The molecule has 0 N–H and O–H groups in total. The third kappa shape index (κ3) is 5.53. The summed E-state index contributed by atoms with van der Waals surface area (Å²) in [4.78, 5) is -1.35. The van der Waals surface area contributed by atoms with Gasteiger partial charge in [-0.1, -0.05) is 0 Å². The zero-order valence-electron chi connectivity index (χ0n) is 18.0. The summed E-state index contributed by atoms with van der Waals surface area (Å²) >= 11 is 0. The molecule has 4 nitrogen and oxygen atoms in total. The molecule has 0 bridgehead atoms. The van der Waals surface area contributed by atoms with Crippen molar-refractivity contribution < 1.29 is 131 Å². The molecule has 228 valence electrons. The first-order valence-corrected chi connectivity index (χ1v) is 9.93. The summed E-state index contributed by atoms with van der Waals surface area (Å²) < 4.78 is 286. The van der Waals surface area contributed by atoms with Crippen LogP contribution in [0.1, 0.15) is 0 Å². The van der Waals surface area contributed by atoms with Crippen molar-refractivity contribution >= 4 is 10.1 Å². The van der Waals surface area contributed by atoms with Crippen molar-refractivity contribution in [1.29, 1.82) is 0 Å². The summed E-state index contributed by atoms with van der Waals surface area (Å²) in [6.45, 7) is 0. The third-order valence-corrected chi connectivity index (χ3v) is 5.30. The average Bonchev–Trinajstić information content (AvgIpc) is 2.71. The maximum Gasteiger partial charge on any atom is 1.00 e. The molecular weight excluding hydrogens is 660 g/mol. The van der Waals surface area contributed by atoms with Crippen LogP contribution >= 0.6 is 0 Å². The smallest absolute Gasteiger partial charge is 0.744 e. The van der Waals surface area contributed by atoms with Gasteiger partial charge in [-0.2, -0.15) is 83.4 Å². The fourth-order valence-corrected chi connectivity index (χ4v) is 2.70. The van der Waals surface area contributed by atoms with Gasteiger partial charge in [-0.3, -0.25) is 0 Å². The molecule has 0 heterocycles. The fourth-order valence-electron chi connectivity index (χ4n) is 2.23. The molecule has 0 saturated heterocycles. The van der Waals surface area contributed by atoms with Crippen molar-refractivity contribution in [3.63, 3.8) is 0 Å². The molecular formula is C15H4F19NaO4S. The van der Waals surface area contributed by atoms with Crippen molar-refractivity contribution in [3.8, 4) is 5.75 Å². The van der Waals surface area contributed by atoms with Crippen molar-refractivity contribution in [2.24, 2.45) is 0 Å². The van der Waals surface area contributed by atoms with Crippen molar-refractivity contribution in [1.82, 2.24) is 0 Å². The normalized spacial score (nSPS) is 15.5. The van der Waals surface area contributed by atoms with Gasteiger partial charge in [-0.25, -0.2) is 8.42 Å². The topological polar surface area (TPSA) is 66.4 Å². The monoisotopic (exact) mass is 664 g/mol. The van der Waals surface area contributed by atoms with Gasteiger partial charge >= 0.3 is 83.3 Å². The first-order chi connectivity index (χ1) is 16.7. The van der Waals surface area contributed by atoms with Gasteiger partial charge in [-0.15, -0.1) is 0 Å². The van der Waals surface area contributed by atoms with Crippen LogP contribution in [0, 0.1) is 0 Å². The van der Waals surface area contributed by atoms with E-state index in [2.05, 4.69) is 4.74 Å². The number of ether oxygens (including phenoxy) is 1. The molecule has 0 radical (unpaired) electrons. The molecule has 1 aromatic rings. The van der Waals surface area contributed by atoms with E-state index in [0.717, 1.165) is 0 Å². The third-order valence-electron chi connectivity index (χ3n) is 4.45. The van der Waals surface area contributed by atoms with Gasteiger partial charge in [0.15, 0.2) is 0 Å². The number of halogens is 19. The number of benzene rings is 1. The molecule has 0 saturated carbocycles. The van der Waals surface area contributed by atoms with E-state index in [4.69, 9.17) is 0 Å². The fraction of sp³-hybridized carbons (Fsp3) is 0.600. The Hall–Kier alpha value is -1.40. The zero-order valence-corrected chi connectivity index (χ0v) is 20.8. The molecule has 0 unspecified atom stereocenters. The van der Waals surface area contributed by atoms with E-state index in [1.165, 1.54) is 0 Å². The van der Waals surface area contributed by atoms with Crippen LogP contribution in [0.25, 0.3) is 0 Å². The average molecular weight is 664 g/mol. The molecule has 1 rings (SSSR count). The summed E-state index contributed by atoms with van der Waals surface area (Å²) in [6, 6.07) is -0.576. The maximum absolute atomic E-state index is 13.7. The predicted octanol–water partition coefficient (Wildman–Crippen LogP) is 3.58. The first kappa shape index (κ1) is 38.6. The van der Waals surface area contributed by atoms with Crippen molar-refractivity contribution in [3.05, 3.63) is 24.3 Å². The minimum absolute atomic E-state index is 0. The zero-order chi connectivity index (χ0) is 31.7. The van der Waals surface area contributed by atoms with E-state index in [-0.39, 0.29) is 53.8 Å². The van der Waals surface area contributed by atoms with E-state index in [9.17, 15) is 96.4 Å². The van der Waals surface area contributed by atoms with E-state index < -0.39 is 74.5 Å². The van der Waals surface area contributed by atoms with Gasteiger partial charge in [0.25, 0.3) is 0 Å². The second-order valence-corrected chi connectivity index (χ2v) is 8.44. The number of hydrogen-bond donors (Lipinski definition) is 0. The predicted molar refractivity (Wildman–Crippen MR) is 80.7 cm³/mol. The standard InChI is InChI=1S/C15H5F19O4S.Na/c16-7(17,8(18,19)10(22,23)12(26,27)14(30,31)32)9(20,21)11(24,25)13(28,29)15(33,34)38-5-1-3-6(4-2-5)39(35,36)37;/h1-4H,(H,35,36,37);/q;+1/p-1. The number of rotatable bonds is 10. The van der Waals surface area contributed by atoms with Gasteiger partial charge < -0.3 is 9.29 Å². The number of alkyl halides is 19. The van der Waals surface area contributed by atoms with Crippen LogP contribution in [0.5, 0.6) is 5.75 Å². The van der Waals surface area contributed by atoms with Gasteiger partial charge in [0.2, 0.25) is 0 Å². The molecule has 25 heteroatoms. The first-order valence-electron chi connectivity index (χ1n) is 8.52. The Morgan fingerprint density at radius 1 is 0.500 bits per heavy atom. The summed E-state index contributed by atoms with van der Waals surface area (Å²) in [5.74, 6) is -63.1. The van der Waals surface area contributed by atoms with Crippen LogP contribution in [0.15, 0.2) is 29.2 Å². The van der Waals surface area contributed by atoms with Crippen LogP contribution in [0.4, 0.5) is 83.4 Å². The van der Waals surface area contributed by atoms with Crippen molar-refractivity contribution in [2.45, 2.75) is 58.6 Å². The van der Waals surface area contributed by atoms with E-state index in [0.29, 0.717) is 0 Å². The van der Waals surface area contributed by atoms with Crippen LogP contribution in [0.3, 0.4) is 0 Å². The molecule has 1 aromatic carbocycles. The Kier molecular flexibility index (Phi) is 10.0. The molecule has 0 amide bonds. The SMILES string of the molecule is O=S(=O)([O-])c1ccc(OC(F)(F)C(F)(F)C(F)(F)C(F)(F)C(F)(F)C(F)(F)C(F)(F)C(F)(F)C(F)(F)F)cc1.[Na+]. The van der Waals surface area contributed by atoms with Crippen LogP contribution in [-0.4, -0.2) is 66.7 Å². The summed E-state index contributed by atoms with van der Waals surface area (Å²) in [7, 11) is -5.40. The Labute approximate surface area is 229 Å². The minimum Gasteiger partial charge on any atom is -0.744 e. The Balaban J connectivity index is 0.0000152. The molecule has 0 aliphatic carbocycles. The van der Waals surface area contributed by atoms with Crippen molar-refractivity contribution in [2.75, 3.05) is 0 Å². The summed E-state index contributed by atoms with van der Waals surface area (Å²) in [5, 5.41) is 0. The molecule has 0 spiro atoms. The Bertz CT molecular complexity index is 1160. The Morgan fingerprint density at radius 2 is 0.775 bits per heavy atom. The van der Waals surface area contributed by atoms with E-state index in [1.54, 1.807) is 0 Å². The van der Waals surface area contributed by atoms with Gasteiger partial charge in [-0.05, 0) is 24.3 Å². The summed E-state index contributed by atoms with van der Waals surface area (Å²) in [6.07, 6.45) is -15.2. The molecule has 40 heavy (non-hydrogen) atoms. The largest absolute Gasteiger partial charge is 1.00 e.